The molecule has 0 aliphatic rings. The SMILES string of the molecule is C=C(C)CC(C)=N.CC. The van der Waals surface area contributed by atoms with Gasteiger partial charge in [-0.1, -0.05) is 26.0 Å². The Hall–Kier alpha value is -0.590. The van der Waals surface area contributed by atoms with Gasteiger partial charge < -0.3 is 5.41 Å². The number of rotatable bonds is 2. The standard InChI is InChI=1S/C6H11N.C2H6/c1-5(2)4-6(3)7;1-2/h7H,1,4H2,2-3H3;1-2H3. The largest absolute Gasteiger partial charge is 0.310 e. The third kappa shape index (κ3) is 18.7. The predicted octanol–water partition coefficient (Wildman–Crippen LogP) is 3.02. The molecule has 0 fully saturated rings. The molecule has 0 atom stereocenters. The maximum absolute atomic E-state index is 6.96. The van der Waals surface area contributed by atoms with Gasteiger partial charge in [0.05, 0.1) is 0 Å². The molecule has 9 heavy (non-hydrogen) atoms. The van der Waals surface area contributed by atoms with Crippen molar-refractivity contribution in [2.24, 2.45) is 0 Å². The van der Waals surface area contributed by atoms with E-state index in [9.17, 15) is 0 Å². The molecule has 0 spiro atoms. The zero-order chi connectivity index (χ0) is 7.86. The summed E-state index contributed by atoms with van der Waals surface area (Å²) in [6.45, 7) is 11.4. The summed E-state index contributed by atoms with van der Waals surface area (Å²) < 4.78 is 0. The maximum atomic E-state index is 6.96. The normalized spacial score (nSPS) is 7.11. The fourth-order valence-electron chi connectivity index (χ4n) is 0.453. The Kier molecular flexibility index (Phi) is 9.25. The highest BCUT2D eigenvalue weighted by atomic mass is 14.4. The second-order valence-electron chi connectivity index (χ2n) is 1.91. The summed E-state index contributed by atoms with van der Waals surface area (Å²) in [6.07, 6.45) is 0.750. The first-order valence-electron chi connectivity index (χ1n) is 3.31. The van der Waals surface area contributed by atoms with Crippen LogP contribution >= 0.6 is 0 Å². The summed E-state index contributed by atoms with van der Waals surface area (Å²) in [4.78, 5) is 0. The minimum absolute atomic E-state index is 0.688. The first-order chi connectivity index (χ1) is 4.13. The first kappa shape index (κ1) is 11.2. The van der Waals surface area contributed by atoms with Crippen LogP contribution in [0.5, 0.6) is 0 Å². The van der Waals surface area contributed by atoms with Gasteiger partial charge in [-0.25, -0.2) is 0 Å². The van der Waals surface area contributed by atoms with Crippen molar-refractivity contribution in [3.63, 3.8) is 0 Å². The molecule has 0 amide bonds. The van der Waals surface area contributed by atoms with Crippen molar-refractivity contribution >= 4 is 5.71 Å². The Labute approximate surface area is 58.3 Å². The second-order valence-corrected chi connectivity index (χ2v) is 1.91. The molecule has 0 saturated heterocycles. The Morgan fingerprint density at radius 1 is 1.33 bits per heavy atom. The van der Waals surface area contributed by atoms with Crippen LogP contribution in [0.25, 0.3) is 0 Å². The fourth-order valence-corrected chi connectivity index (χ4v) is 0.453. The van der Waals surface area contributed by atoms with E-state index in [2.05, 4.69) is 6.58 Å². The van der Waals surface area contributed by atoms with Gasteiger partial charge in [-0.05, 0) is 13.8 Å². The van der Waals surface area contributed by atoms with Gasteiger partial charge in [0.1, 0.15) is 0 Å². The molecule has 0 aromatic carbocycles. The quantitative estimate of drug-likeness (QED) is 0.435. The Bertz CT molecular complexity index is 80.7. The smallest absolute Gasteiger partial charge is 0.00983 e. The number of allylic oxidation sites excluding steroid dienone is 1. The minimum atomic E-state index is 0.688. The highest BCUT2D eigenvalue weighted by molar-refractivity contribution is 5.80. The summed E-state index contributed by atoms with van der Waals surface area (Å²) >= 11 is 0. The van der Waals surface area contributed by atoms with Crippen molar-refractivity contribution in [1.29, 1.82) is 5.41 Å². The second kappa shape index (κ2) is 7.41. The van der Waals surface area contributed by atoms with Gasteiger partial charge in [-0.2, -0.15) is 0 Å². The molecular formula is C8H17N. The first-order valence-corrected chi connectivity index (χ1v) is 3.31. The zero-order valence-corrected chi connectivity index (χ0v) is 6.91. The van der Waals surface area contributed by atoms with Crippen LogP contribution < -0.4 is 0 Å². The molecule has 0 unspecified atom stereocenters. The van der Waals surface area contributed by atoms with E-state index >= 15 is 0 Å². The van der Waals surface area contributed by atoms with E-state index < -0.39 is 0 Å². The topological polar surface area (TPSA) is 23.9 Å². The van der Waals surface area contributed by atoms with E-state index in [0.717, 1.165) is 12.0 Å². The molecule has 0 saturated carbocycles. The van der Waals surface area contributed by atoms with Crippen molar-refractivity contribution in [2.75, 3.05) is 0 Å². The Morgan fingerprint density at radius 3 is 1.67 bits per heavy atom. The van der Waals surface area contributed by atoms with Crippen LogP contribution in [-0.2, 0) is 0 Å². The molecule has 0 radical (unpaired) electrons. The molecule has 1 nitrogen and oxygen atoms in total. The van der Waals surface area contributed by atoms with Gasteiger partial charge in [0.15, 0.2) is 0 Å². The monoisotopic (exact) mass is 127 g/mol. The summed E-state index contributed by atoms with van der Waals surface area (Å²) in [5.41, 5.74) is 1.75. The van der Waals surface area contributed by atoms with Gasteiger partial charge in [0.2, 0.25) is 0 Å². The van der Waals surface area contributed by atoms with E-state index in [1.54, 1.807) is 6.92 Å². The van der Waals surface area contributed by atoms with Crippen LogP contribution in [0.2, 0.25) is 0 Å². The van der Waals surface area contributed by atoms with E-state index in [-0.39, 0.29) is 0 Å². The van der Waals surface area contributed by atoms with Crippen LogP contribution in [-0.4, -0.2) is 5.71 Å². The van der Waals surface area contributed by atoms with Gasteiger partial charge >= 0.3 is 0 Å². The molecule has 1 heteroatoms. The molecule has 1 N–H and O–H groups in total. The third-order valence-electron chi connectivity index (χ3n) is 0.567. The van der Waals surface area contributed by atoms with Gasteiger partial charge in [0.25, 0.3) is 0 Å². The van der Waals surface area contributed by atoms with E-state index in [0.29, 0.717) is 5.71 Å². The van der Waals surface area contributed by atoms with Gasteiger partial charge in [-0.3, -0.25) is 0 Å². The summed E-state index contributed by atoms with van der Waals surface area (Å²) in [5, 5.41) is 6.96. The Balaban J connectivity index is 0. The molecule has 0 aromatic rings. The van der Waals surface area contributed by atoms with Crippen LogP contribution in [0.4, 0.5) is 0 Å². The van der Waals surface area contributed by atoms with Crippen molar-refractivity contribution < 1.29 is 0 Å². The van der Waals surface area contributed by atoms with Gasteiger partial charge in [0, 0.05) is 12.1 Å². The molecule has 0 aromatic heterocycles. The summed E-state index contributed by atoms with van der Waals surface area (Å²) in [5.74, 6) is 0. The van der Waals surface area contributed by atoms with Crippen molar-refractivity contribution in [3.8, 4) is 0 Å². The number of hydrogen-bond donors (Lipinski definition) is 1. The molecule has 0 aliphatic carbocycles. The molecule has 0 heterocycles. The third-order valence-corrected chi connectivity index (χ3v) is 0.567. The molecule has 0 rings (SSSR count). The summed E-state index contributed by atoms with van der Waals surface area (Å²) in [6, 6.07) is 0. The highest BCUT2D eigenvalue weighted by Gasteiger charge is 1.84. The zero-order valence-electron chi connectivity index (χ0n) is 6.91. The van der Waals surface area contributed by atoms with E-state index in [1.165, 1.54) is 0 Å². The van der Waals surface area contributed by atoms with Gasteiger partial charge in [-0.15, -0.1) is 0 Å². The van der Waals surface area contributed by atoms with Crippen LogP contribution in [0.3, 0.4) is 0 Å². The molecule has 54 valence electrons. The summed E-state index contributed by atoms with van der Waals surface area (Å²) in [7, 11) is 0. The van der Waals surface area contributed by atoms with E-state index in [4.69, 9.17) is 5.41 Å². The number of hydrogen-bond acceptors (Lipinski definition) is 1. The molecular weight excluding hydrogens is 110 g/mol. The van der Waals surface area contributed by atoms with Crippen LogP contribution in [0.15, 0.2) is 12.2 Å². The Morgan fingerprint density at radius 2 is 1.67 bits per heavy atom. The van der Waals surface area contributed by atoms with Crippen LogP contribution in [0, 0.1) is 5.41 Å². The lowest BCUT2D eigenvalue weighted by molar-refractivity contribution is 1.23. The van der Waals surface area contributed by atoms with E-state index in [1.807, 2.05) is 20.8 Å². The lowest BCUT2D eigenvalue weighted by atomic mass is 10.2. The highest BCUT2D eigenvalue weighted by Crippen LogP contribution is 1.94. The lowest BCUT2D eigenvalue weighted by Gasteiger charge is -1.91. The van der Waals surface area contributed by atoms with Crippen molar-refractivity contribution in [1.82, 2.24) is 0 Å². The average molecular weight is 127 g/mol. The minimum Gasteiger partial charge on any atom is -0.310 e. The molecule has 0 bridgehead atoms. The van der Waals surface area contributed by atoms with Crippen molar-refractivity contribution in [3.05, 3.63) is 12.2 Å². The fraction of sp³-hybridized carbons (Fsp3) is 0.625. The maximum Gasteiger partial charge on any atom is 0.00983 e. The lowest BCUT2D eigenvalue weighted by Crippen LogP contribution is -1.86. The molecule has 0 aliphatic heterocycles. The number of nitrogens with one attached hydrogen (secondary N) is 1. The average Bonchev–Trinajstić information content (AvgIpc) is 1.68. The van der Waals surface area contributed by atoms with Crippen LogP contribution in [0.1, 0.15) is 34.1 Å². The predicted molar refractivity (Wildman–Crippen MR) is 44.2 cm³/mol. The van der Waals surface area contributed by atoms with Crippen molar-refractivity contribution in [2.45, 2.75) is 34.1 Å².